The van der Waals surface area contributed by atoms with Crippen molar-refractivity contribution in [1.82, 2.24) is 9.13 Å². The van der Waals surface area contributed by atoms with Crippen LogP contribution in [0.5, 0.6) is 0 Å². The third-order valence-corrected chi connectivity index (χ3v) is 2.36. The molecule has 0 aliphatic rings. The molecular formula is C12H21N3O3. The predicted molar refractivity (Wildman–Crippen MR) is 69.7 cm³/mol. The minimum atomic E-state index is -0.342. The summed E-state index contributed by atoms with van der Waals surface area (Å²) in [5.41, 5.74) is 4.47. The van der Waals surface area contributed by atoms with Crippen LogP contribution in [0, 0.1) is 0 Å². The molecule has 0 radical (unpaired) electrons. The first-order valence-corrected chi connectivity index (χ1v) is 5.99. The molecule has 0 aliphatic heterocycles. The monoisotopic (exact) mass is 255 g/mol. The number of hydrogen-bond donors (Lipinski definition) is 1. The van der Waals surface area contributed by atoms with Crippen molar-refractivity contribution in [2.24, 2.45) is 5.73 Å². The highest BCUT2D eigenvalue weighted by Crippen LogP contribution is 2.05. The van der Waals surface area contributed by atoms with Gasteiger partial charge in [-0.2, -0.15) is 0 Å². The van der Waals surface area contributed by atoms with Crippen LogP contribution in [0.25, 0.3) is 0 Å². The summed E-state index contributed by atoms with van der Waals surface area (Å²) in [5.74, 6) is 0. The van der Waals surface area contributed by atoms with Crippen molar-refractivity contribution in [1.29, 1.82) is 0 Å². The Morgan fingerprint density at radius 2 is 1.94 bits per heavy atom. The molecule has 0 unspecified atom stereocenters. The Kier molecular flexibility index (Phi) is 4.86. The molecule has 0 aliphatic carbocycles. The van der Waals surface area contributed by atoms with Gasteiger partial charge in [-0.1, -0.05) is 0 Å². The van der Waals surface area contributed by atoms with Crippen molar-refractivity contribution in [2.45, 2.75) is 39.5 Å². The quantitative estimate of drug-likeness (QED) is 0.789. The number of hydrogen-bond acceptors (Lipinski definition) is 4. The number of ether oxygens (including phenoxy) is 1. The van der Waals surface area contributed by atoms with Gasteiger partial charge in [0.2, 0.25) is 0 Å². The third kappa shape index (κ3) is 4.12. The van der Waals surface area contributed by atoms with Crippen molar-refractivity contribution in [3.63, 3.8) is 0 Å². The van der Waals surface area contributed by atoms with E-state index >= 15 is 0 Å². The summed E-state index contributed by atoms with van der Waals surface area (Å²) in [6.07, 6.45) is 1.49. The highest BCUT2D eigenvalue weighted by Gasteiger charge is 2.10. The maximum atomic E-state index is 12.0. The molecule has 0 atom stereocenters. The largest absolute Gasteiger partial charge is 0.374 e. The Balaban J connectivity index is 2.82. The second kappa shape index (κ2) is 5.97. The van der Waals surface area contributed by atoms with Crippen molar-refractivity contribution < 1.29 is 4.74 Å². The van der Waals surface area contributed by atoms with Gasteiger partial charge in [0.05, 0.1) is 18.8 Å². The van der Waals surface area contributed by atoms with Crippen LogP contribution in [0.1, 0.15) is 20.8 Å². The van der Waals surface area contributed by atoms with Crippen LogP contribution >= 0.6 is 0 Å². The van der Waals surface area contributed by atoms with Crippen LogP contribution in [0.3, 0.4) is 0 Å². The Morgan fingerprint density at radius 3 is 2.50 bits per heavy atom. The zero-order valence-electron chi connectivity index (χ0n) is 11.2. The summed E-state index contributed by atoms with van der Waals surface area (Å²) < 4.78 is 8.14. The van der Waals surface area contributed by atoms with Crippen molar-refractivity contribution >= 4 is 0 Å². The first-order valence-electron chi connectivity index (χ1n) is 5.99. The summed E-state index contributed by atoms with van der Waals surface area (Å²) >= 11 is 0. The van der Waals surface area contributed by atoms with Gasteiger partial charge in [-0.25, -0.2) is 4.79 Å². The van der Waals surface area contributed by atoms with Gasteiger partial charge in [-0.15, -0.1) is 0 Å². The highest BCUT2D eigenvalue weighted by atomic mass is 16.5. The van der Waals surface area contributed by atoms with Gasteiger partial charge in [0.25, 0.3) is 5.56 Å². The van der Waals surface area contributed by atoms with E-state index in [1.807, 2.05) is 20.8 Å². The van der Waals surface area contributed by atoms with Crippen LogP contribution in [-0.2, 0) is 17.8 Å². The van der Waals surface area contributed by atoms with E-state index in [0.29, 0.717) is 13.2 Å². The average Bonchev–Trinajstić information content (AvgIpc) is 2.26. The molecule has 102 valence electrons. The lowest BCUT2D eigenvalue weighted by molar-refractivity contribution is -0.00737. The van der Waals surface area contributed by atoms with Gasteiger partial charge < -0.3 is 10.5 Å². The molecule has 6 heteroatoms. The van der Waals surface area contributed by atoms with Crippen LogP contribution in [0.2, 0.25) is 0 Å². The molecule has 0 saturated carbocycles. The van der Waals surface area contributed by atoms with Crippen LogP contribution < -0.4 is 17.0 Å². The van der Waals surface area contributed by atoms with E-state index in [-0.39, 0.29) is 29.9 Å². The fourth-order valence-corrected chi connectivity index (χ4v) is 1.51. The predicted octanol–water partition coefficient (Wildman–Crippen LogP) is -0.216. The molecule has 18 heavy (non-hydrogen) atoms. The van der Waals surface area contributed by atoms with Gasteiger partial charge in [0, 0.05) is 25.4 Å². The molecule has 1 rings (SSSR count). The first-order chi connectivity index (χ1) is 8.35. The molecule has 0 bridgehead atoms. The minimum absolute atomic E-state index is 0.235. The second-order valence-electron chi connectivity index (χ2n) is 5.03. The SMILES string of the molecule is CC(C)(C)OCCn1ccc(=O)n(CCN)c1=O. The normalized spacial score (nSPS) is 11.8. The third-order valence-electron chi connectivity index (χ3n) is 2.36. The standard InChI is InChI=1S/C12H21N3O3/c1-12(2,3)18-9-8-14-6-4-10(16)15(7-5-13)11(14)17/h4,6H,5,7-9,13H2,1-3H3. The maximum Gasteiger partial charge on any atom is 0.331 e. The molecule has 0 aromatic carbocycles. The fourth-order valence-electron chi connectivity index (χ4n) is 1.51. The Morgan fingerprint density at radius 1 is 1.28 bits per heavy atom. The molecule has 0 saturated heterocycles. The minimum Gasteiger partial charge on any atom is -0.374 e. The second-order valence-corrected chi connectivity index (χ2v) is 5.03. The van der Waals surface area contributed by atoms with E-state index in [0.717, 1.165) is 4.57 Å². The molecule has 6 nitrogen and oxygen atoms in total. The summed E-state index contributed by atoms with van der Waals surface area (Å²) in [7, 11) is 0. The molecule has 1 heterocycles. The van der Waals surface area contributed by atoms with Crippen LogP contribution in [-0.4, -0.2) is 27.9 Å². The van der Waals surface area contributed by atoms with Gasteiger partial charge in [-0.3, -0.25) is 13.9 Å². The maximum absolute atomic E-state index is 12.0. The summed E-state index contributed by atoms with van der Waals surface area (Å²) in [5, 5.41) is 0. The zero-order chi connectivity index (χ0) is 13.8. The fraction of sp³-hybridized carbons (Fsp3) is 0.667. The molecule has 0 spiro atoms. The molecular weight excluding hydrogens is 234 g/mol. The average molecular weight is 255 g/mol. The number of nitrogens with zero attached hydrogens (tertiary/aromatic N) is 2. The smallest absolute Gasteiger partial charge is 0.331 e. The molecule has 1 aromatic rings. The molecule has 2 N–H and O–H groups in total. The zero-order valence-corrected chi connectivity index (χ0v) is 11.2. The molecule has 0 fully saturated rings. The van der Waals surface area contributed by atoms with E-state index in [2.05, 4.69) is 0 Å². The van der Waals surface area contributed by atoms with Crippen LogP contribution in [0.15, 0.2) is 21.9 Å². The van der Waals surface area contributed by atoms with E-state index in [4.69, 9.17) is 10.5 Å². The lowest BCUT2D eigenvalue weighted by Gasteiger charge is -2.19. The Labute approximate surface area is 106 Å². The van der Waals surface area contributed by atoms with E-state index < -0.39 is 0 Å². The Bertz CT molecular complexity index is 497. The van der Waals surface area contributed by atoms with E-state index in [9.17, 15) is 9.59 Å². The van der Waals surface area contributed by atoms with E-state index in [1.165, 1.54) is 16.8 Å². The van der Waals surface area contributed by atoms with E-state index in [1.54, 1.807) is 0 Å². The Hall–Kier alpha value is -1.40. The molecule has 0 amide bonds. The van der Waals surface area contributed by atoms with Crippen LogP contribution in [0.4, 0.5) is 0 Å². The van der Waals surface area contributed by atoms with Crippen molar-refractivity contribution in [3.8, 4) is 0 Å². The van der Waals surface area contributed by atoms with Gasteiger partial charge in [-0.05, 0) is 20.8 Å². The molecule has 1 aromatic heterocycles. The highest BCUT2D eigenvalue weighted by molar-refractivity contribution is 4.86. The number of rotatable bonds is 5. The summed E-state index contributed by atoms with van der Waals surface area (Å²) in [4.78, 5) is 23.4. The van der Waals surface area contributed by atoms with Gasteiger partial charge in [0.15, 0.2) is 0 Å². The van der Waals surface area contributed by atoms with Gasteiger partial charge in [0.1, 0.15) is 0 Å². The lowest BCUT2D eigenvalue weighted by atomic mass is 10.2. The number of aromatic nitrogens is 2. The summed E-state index contributed by atoms with van der Waals surface area (Å²) in [6, 6.07) is 1.37. The first kappa shape index (κ1) is 14.7. The number of nitrogens with two attached hydrogens (primary N) is 1. The van der Waals surface area contributed by atoms with Gasteiger partial charge >= 0.3 is 5.69 Å². The topological polar surface area (TPSA) is 79.2 Å². The van der Waals surface area contributed by atoms with Crippen molar-refractivity contribution in [2.75, 3.05) is 13.2 Å². The van der Waals surface area contributed by atoms with Crippen molar-refractivity contribution in [3.05, 3.63) is 33.1 Å². The summed E-state index contributed by atoms with van der Waals surface area (Å²) in [6.45, 7) is 7.18. The lowest BCUT2D eigenvalue weighted by Crippen LogP contribution is -2.41.